The van der Waals surface area contributed by atoms with Crippen molar-refractivity contribution >= 4 is 39.2 Å². The first-order chi connectivity index (χ1) is 23.3. The van der Waals surface area contributed by atoms with Crippen LogP contribution in [0.15, 0.2) is 78.3 Å². The molecule has 1 amide bonds. The SMILES string of the molecule is CC(=O)C(=O)NCc1cc(F)cc(-c2cncc3[nH]c(-c4n[nH]c5ccc(C(/C=C(\C=C6CC6)CN6CCCCC6)=C/N)cc45)nc23)c1. The van der Waals surface area contributed by atoms with Gasteiger partial charge in [-0.15, -0.1) is 0 Å². The lowest BCUT2D eigenvalue weighted by atomic mass is 10.0. The number of rotatable bonds is 10. The van der Waals surface area contributed by atoms with Gasteiger partial charge in [0.25, 0.3) is 5.91 Å². The number of allylic oxidation sites excluding steroid dienone is 3. The Balaban J connectivity index is 1.21. The summed E-state index contributed by atoms with van der Waals surface area (Å²) < 4.78 is 14.7. The molecule has 7 rings (SSSR count). The average Bonchev–Trinajstić information content (AvgIpc) is 3.63. The molecule has 5 N–H and O–H groups in total. The highest BCUT2D eigenvalue weighted by Crippen LogP contribution is 2.34. The van der Waals surface area contributed by atoms with Crippen molar-refractivity contribution in [1.29, 1.82) is 0 Å². The molecule has 4 heterocycles. The first kappa shape index (κ1) is 31.2. The van der Waals surface area contributed by atoms with E-state index in [0.29, 0.717) is 39.2 Å². The van der Waals surface area contributed by atoms with Crippen LogP contribution in [0.4, 0.5) is 4.39 Å². The number of likely N-dealkylation sites (tertiary alicyclic amines) is 1. The van der Waals surface area contributed by atoms with Gasteiger partial charge in [0.2, 0.25) is 5.78 Å². The van der Waals surface area contributed by atoms with Gasteiger partial charge in [-0.25, -0.2) is 9.37 Å². The van der Waals surface area contributed by atoms with Crippen LogP contribution in [0, 0.1) is 5.82 Å². The summed E-state index contributed by atoms with van der Waals surface area (Å²) in [5.41, 5.74) is 15.3. The normalized spacial score (nSPS) is 15.7. The Bertz CT molecular complexity index is 2130. The number of carbonyl (C=O) groups is 2. The molecule has 0 unspecified atom stereocenters. The van der Waals surface area contributed by atoms with E-state index in [0.717, 1.165) is 54.5 Å². The Kier molecular flexibility index (Phi) is 8.68. The number of amides is 1. The summed E-state index contributed by atoms with van der Waals surface area (Å²) in [7, 11) is 0. The fourth-order valence-electron chi connectivity index (χ4n) is 6.26. The van der Waals surface area contributed by atoms with E-state index in [1.54, 1.807) is 24.7 Å². The van der Waals surface area contributed by atoms with Crippen LogP contribution in [-0.2, 0) is 16.1 Å². The molecule has 0 atom stereocenters. The summed E-state index contributed by atoms with van der Waals surface area (Å²) in [4.78, 5) is 38.3. The van der Waals surface area contributed by atoms with Crippen LogP contribution in [0.5, 0.6) is 0 Å². The van der Waals surface area contributed by atoms with Gasteiger partial charge in [-0.1, -0.05) is 24.1 Å². The number of nitrogens with zero attached hydrogens (tertiary/aromatic N) is 4. The molecule has 0 spiro atoms. The molecule has 1 saturated carbocycles. The zero-order valence-electron chi connectivity index (χ0n) is 26.8. The van der Waals surface area contributed by atoms with Crippen LogP contribution >= 0.6 is 0 Å². The fourth-order valence-corrected chi connectivity index (χ4v) is 6.26. The van der Waals surface area contributed by atoms with Crippen molar-refractivity contribution in [1.82, 2.24) is 35.4 Å². The summed E-state index contributed by atoms with van der Waals surface area (Å²) in [6.07, 6.45) is 15.6. The standard InChI is InChI=1S/C37H37FN8O2/c1-22(47)37(48)41-18-24-12-27(15-29(38)14-24)31-19-40-20-33-34(31)43-36(42-33)35-30-16-26(7-8-32(30)44-45-35)28(17-39)13-25(11-23-5-6-23)21-46-9-3-2-4-10-46/h7-8,11-17,19-20H,2-6,9-10,18,21,39H2,1H3,(H,41,48)(H,42,43)(H,44,45)/b25-13+,28-17+. The zero-order chi connectivity index (χ0) is 33.2. The van der Waals surface area contributed by atoms with Crippen molar-refractivity contribution in [2.24, 2.45) is 5.73 Å². The topological polar surface area (TPSA) is 146 Å². The molecule has 1 aliphatic carbocycles. The summed E-state index contributed by atoms with van der Waals surface area (Å²) >= 11 is 0. The van der Waals surface area contributed by atoms with Crippen LogP contribution in [0.25, 0.3) is 50.2 Å². The lowest BCUT2D eigenvalue weighted by Crippen LogP contribution is -2.31. The maximum Gasteiger partial charge on any atom is 0.287 e. The van der Waals surface area contributed by atoms with E-state index in [9.17, 15) is 14.0 Å². The number of hydrogen-bond donors (Lipinski definition) is 4. The van der Waals surface area contributed by atoms with Gasteiger partial charge in [0.15, 0.2) is 5.82 Å². The minimum absolute atomic E-state index is 0.00556. The van der Waals surface area contributed by atoms with Crippen molar-refractivity contribution in [3.8, 4) is 22.6 Å². The van der Waals surface area contributed by atoms with E-state index in [1.807, 2.05) is 12.1 Å². The second-order valence-corrected chi connectivity index (χ2v) is 12.6. The summed E-state index contributed by atoms with van der Waals surface area (Å²) in [6, 6.07) is 10.6. The fraction of sp³-hybridized carbons (Fsp3) is 0.270. The summed E-state index contributed by atoms with van der Waals surface area (Å²) in [6.45, 7) is 4.35. The lowest BCUT2D eigenvalue weighted by molar-refractivity contribution is -0.136. The van der Waals surface area contributed by atoms with Gasteiger partial charge in [-0.05, 0) is 103 Å². The molecule has 11 heteroatoms. The number of aromatic amines is 2. The van der Waals surface area contributed by atoms with Gasteiger partial charge in [0.05, 0.1) is 22.7 Å². The number of aromatic nitrogens is 5. The van der Waals surface area contributed by atoms with Crippen molar-refractivity contribution in [2.45, 2.75) is 45.6 Å². The predicted octanol–water partition coefficient (Wildman–Crippen LogP) is 5.94. The Hall–Kier alpha value is -5.42. The molecule has 48 heavy (non-hydrogen) atoms. The van der Waals surface area contributed by atoms with Gasteiger partial charge >= 0.3 is 0 Å². The molecule has 3 aromatic heterocycles. The van der Waals surface area contributed by atoms with Crippen molar-refractivity contribution in [2.75, 3.05) is 19.6 Å². The number of halogens is 1. The monoisotopic (exact) mass is 644 g/mol. The van der Waals surface area contributed by atoms with Gasteiger partial charge in [0, 0.05) is 43.4 Å². The quantitative estimate of drug-likeness (QED) is 0.109. The number of carbonyl (C=O) groups excluding carboxylic acids is 2. The number of H-pyrrole nitrogens is 2. The van der Waals surface area contributed by atoms with Crippen LogP contribution in [0.1, 0.15) is 50.2 Å². The molecule has 2 fully saturated rings. The van der Waals surface area contributed by atoms with Crippen LogP contribution in [-0.4, -0.2) is 61.4 Å². The second kappa shape index (κ2) is 13.4. The largest absolute Gasteiger partial charge is 0.404 e. The van der Waals surface area contributed by atoms with E-state index < -0.39 is 17.5 Å². The molecule has 10 nitrogen and oxygen atoms in total. The third-order valence-corrected chi connectivity index (χ3v) is 8.86. The molecule has 5 aromatic rings. The number of fused-ring (bicyclic) bond motifs is 2. The lowest BCUT2D eigenvalue weighted by Gasteiger charge is -2.27. The number of pyridine rings is 1. The van der Waals surface area contributed by atoms with E-state index >= 15 is 0 Å². The Morgan fingerprint density at radius 1 is 1.06 bits per heavy atom. The maximum absolute atomic E-state index is 14.7. The molecule has 1 saturated heterocycles. The predicted molar refractivity (Wildman–Crippen MR) is 185 cm³/mol. The maximum atomic E-state index is 14.7. The van der Waals surface area contributed by atoms with Gasteiger partial charge < -0.3 is 16.0 Å². The van der Waals surface area contributed by atoms with E-state index in [2.05, 4.69) is 48.6 Å². The third kappa shape index (κ3) is 6.82. The molecule has 1 aliphatic heterocycles. The zero-order valence-corrected chi connectivity index (χ0v) is 26.8. The third-order valence-electron chi connectivity index (χ3n) is 8.86. The summed E-state index contributed by atoms with van der Waals surface area (Å²) in [5.74, 6) is -1.29. The highest BCUT2D eigenvalue weighted by molar-refractivity contribution is 6.35. The smallest absolute Gasteiger partial charge is 0.287 e. The first-order valence-corrected chi connectivity index (χ1v) is 16.3. The Labute approximate surface area is 277 Å². The Morgan fingerprint density at radius 2 is 1.90 bits per heavy atom. The van der Waals surface area contributed by atoms with Crippen molar-refractivity contribution < 1.29 is 14.0 Å². The minimum atomic E-state index is -0.727. The van der Waals surface area contributed by atoms with Gasteiger partial charge in [-0.3, -0.25) is 24.6 Å². The van der Waals surface area contributed by atoms with E-state index in [-0.39, 0.29) is 6.54 Å². The highest BCUT2D eigenvalue weighted by atomic mass is 19.1. The number of benzene rings is 2. The van der Waals surface area contributed by atoms with Crippen molar-refractivity contribution in [3.05, 3.63) is 95.2 Å². The Morgan fingerprint density at radius 3 is 2.67 bits per heavy atom. The molecular formula is C37H37FN8O2. The first-order valence-electron chi connectivity index (χ1n) is 16.3. The molecule has 244 valence electrons. The number of nitrogens with one attached hydrogen (secondary N) is 3. The molecule has 0 radical (unpaired) electrons. The number of piperidine rings is 1. The van der Waals surface area contributed by atoms with E-state index in [1.165, 1.54) is 49.5 Å². The van der Waals surface area contributed by atoms with Crippen molar-refractivity contribution in [3.63, 3.8) is 0 Å². The van der Waals surface area contributed by atoms with Crippen LogP contribution in [0.3, 0.4) is 0 Å². The average molecular weight is 645 g/mol. The number of Topliss-reactive ketones (excluding diaryl/α,β-unsaturated/α-hetero) is 1. The minimum Gasteiger partial charge on any atom is -0.404 e. The molecule has 2 aliphatic rings. The van der Waals surface area contributed by atoms with Gasteiger partial charge in [0.1, 0.15) is 11.5 Å². The number of nitrogens with two attached hydrogens (primary N) is 1. The molecule has 0 bridgehead atoms. The van der Waals surface area contributed by atoms with Crippen LogP contribution in [0.2, 0.25) is 0 Å². The summed E-state index contributed by atoms with van der Waals surface area (Å²) in [5, 5.41) is 11.1. The molecular weight excluding hydrogens is 607 g/mol. The van der Waals surface area contributed by atoms with Crippen LogP contribution < -0.4 is 11.1 Å². The molecule has 2 aromatic carbocycles. The number of imidazole rings is 1. The van der Waals surface area contributed by atoms with Gasteiger partial charge in [-0.2, -0.15) is 5.10 Å². The number of hydrogen-bond acceptors (Lipinski definition) is 7. The highest BCUT2D eigenvalue weighted by Gasteiger charge is 2.19. The number of ketones is 1. The van der Waals surface area contributed by atoms with E-state index in [4.69, 9.17) is 10.7 Å². The second-order valence-electron chi connectivity index (χ2n) is 12.6.